The largest absolute Gasteiger partial charge is 0.464 e. The molecule has 0 saturated heterocycles. The number of nitrogens with zero attached hydrogens (tertiary/aromatic N) is 2. The lowest BCUT2D eigenvalue weighted by Crippen LogP contribution is -2.10. The second kappa shape index (κ2) is 3.93. The molecule has 0 aliphatic heterocycles. The summed E-state index contributed by atoms with van der Waals surface area (Å²) < 4.78 is 17.6. The number of hydrogen-bond donors (Lipinski definition) is 0. The van der Waals surface area contributed by atoms with E-state index in [0.29, 0.717) is 6.42 Å². The highest BCUT2D eigenvalue weighted by Gasteiger charge is 2.16. The fraction of sp³-hybridized carbons (Fsp3) is 0.375. The van der Waals surface area contributed by atoms with Crippen LogP contribution in [0.2, 0.25) is 0 Å². The van der Waals surface area contributed by atoms with Crippen LogP contribution in [0.1, 0.15) is 23.1 Å². The zero-order chi connectivity index (χ0) is 9.84. The summed E-state index contributed by atoms with van der Waals surface area (Å²) in [5.41, 5.74) is -0.0928. The van der Waals surface area contributed by atoms with Gasteiger partial charge in [0.15, 0.2) is 11.5 Å². The van der Waals surface area contributed by atoms with E-state index in [0.717, 1.165) is 6.33 Å². The molecule has 70 valence electrons. The molecule has 0 aliphatic rings. The molecule has 1 aromatic heterocycles. The normalized spacial score (nSPS) is 9.77. The highest BCUT2D eigenvalue weighted by Crippen LogP contribution is 2.08. The Kier molecular flexibility index (Phi) is 2.89. The van der Waals surface area contributed by atoms with E-state index in [1.54, 1.807) is 6.92 Å². The summed E-state index contributed by atoms with van der Waals surface area (Å²) in [6, 6.07) is 0. The average molecular weight is 184 g/mol. The van der Waals surface area contributed by atoms with Crippen LogP contribution < -0.4 is 0 Å². The first-order valence-corrected chi connectivity index (χ1v) is 3.78. The zero-order valence-corrected chi connectivity index (χ0v) is 7.37. The summed E-state index contributed by atoms with van der Waals surface area (Å²) in [6.07, 6.45) is 1.56. The zero-order valence-electron chi connectivity index (χ0n) is 7.37. The molecular weight excluding hydrogens is 175 g/mol. The van der Waals surface area contributed by atoms with Crippen LogP contribution in [0.3, 0.4) is 0 Å². The van der Waals surface area contributed by atoms with Gasteiger partial charge in [-0.05, 0) is 6.42 Å². The van der Waals surface area contributed by atoms with Crippen LogP contribution in [0.25, 0.3) is 0 Å². The van der Waals surface area contributed by atoms with E-state index in [1.165, 1.54) is 7.11 Å². The number of ether oxygens (including phenoxy) is 1. The van der Waals surface area contributed by atoms with Crippen molar-refractivity contribution in [2.45, 2.75) is 13.3 Å². The highest BCUT2D eigenvalue weighted by molar-refractivity contribution is 5.87. The Bertz CT molecular complexity index is 328. The Hall–Kier alpha value is -1.52. The molecule has 0 aliphatic carbocycles. The number of carbonyl (C=O) groups excluding carboxylic acids is 1. The van der Waals surface area contributed by atoms with Crippen molar-refractivity contribution in [3.63, 3.8) is 0 Å². The molecule has 5 heteroatoms. The summed E-state index contributed by atoms with van der Waals surface area (Å²) >= 11 is 0. The van der Waals surface area contributed by atoms with Gasteiger partial charge in [-0.2, -0.15) is 0 Å². The van der Waals surface area contributed by atoms with E-state index < -0.39 is 11.8 Å². The van der Waals surface area contributed by atoms with Crippen LogP contribution in [0.5, 0.6) is 0 Å². The van der Waals surface area contributed by atoms with E-state index in [-0.39, 0.29) is 11.4 Å². The topological polar surface area (TPSA) is 52.1 Å². The van der Waals surface area contributed by atoms with Crippen molar-refractivity contribution in [2.24, 2.45) is 0 Å². The molecule has 0 spiro atoms. The molecule has 0 fully saturated rings. The molecule has 0 aromatic carbocycles. The van der Waals surface area contributed by atoms with Gasteiger partial charge in [0.25, 0.3) is 0 Å². The number of aryl methyl sites for hydroxylation is 1. The fourth-order valence-corrected chi connectivity index (χ4v) is 0.892. The maximum Gasteiger partial charge on any atom is 0.359 e. The van der Waals surface area contributed by atoms with Gasteiger partial charge in [-0.25, -0.2) is 19.2 Å². The smallest absolute Gasteiger partial charge is 0.359 e. The van der Waals surface area contributed by atoms with Crippen molar-refractivity contribution >= 4 is 5.97 Å². The number of methoxy groups -OCH3 is 1. The molecule has 0 unspecified atom stereocenters. The van der Waals surface area contributed by atoms with Crippen LogP contribution in [0.15, 0.2) is 6.33 Å². The lowest BCUT2D eigenvalue weighted by Gasteiger charge is -2.02. The molecule has 1 aromatic rings. The van der Waals surface area contributed by atoms with Gasteiger partial charge in [-0.3, -0.25) is 0 Å². The molecule has 13 heavy (non-hydrogen) atoms. The first-order valence-electron chi connectivity index (χ1n) is 3.78. The minimum atomic E-state index is -0.783. The third-order valence-electron chi connectivity index (χ3n) is 1.58. The van der Waals surface area contributed by atoms with Crippen LogP contribution in [-0.4, -0.2) is 23.0 Å². The molecule has 0 bridgehead atoms. The number of carbonyl (C=O) groups is 1. The lowest BCUT2D eigenvalue weighted by molar-refractivity contribution is 0.0587. The number of hydrogen-bond acceptors (Lipinski definition) is 4. The predicted octanol–water partition coefficient (Wildman–Crippen LogP) is 0.965. The van der Waals surface area contributed by atoms with Gasteiger partial charge >= 0.3 is 5.97 Å². The fourth-order valence-electron chi connectivity index (χ4n) is 0.892. The van der Waals surface area contributed by atoms with E-state index in [2.05, 4.69) is 14.7 Å². The number of rotatable bonds is 2. The maximum atomic E-state index is 13.3. The van der Waals surface area contributed by atoms with Crippen LogP contribution >= 0.6 is 0 Å². The third-order valence-corrected chi connectivity index (χ3v) is 1.58. The van der Waals surface area contributed by atoms with Gasteiger partial charge in [-0.15, -0.1) is 0 Å². The molecule has 4 nitrogen and oxygen atoms in total. The van der Waals surface area contributed by atoms with Crippen molar-refractivity contribution < 1.29 is 13.9 Å². The second-order valence-electron chi connectivity index (χ2n) is 2.33. The molecule has 0 radical (unpaired) electrons. The monoisotopic (exact) mass is 184 g/mol. The summed E-state index contributed by atoms with van der Waals surface area (Å²) in [7, 11) is 1.18. The first-order chi connectivity index (χ1) is 6.20. The first kappa shape index (κ1) is 9.57. The minimum Gasteiger partial charge on any atom is -0.464 e. The van der Waals surface area contributed by atoms with Gasteiger partial charge in [0.1, 0.15) is 6.33 Å². The third kappa shape index (κ3) is 1.80. The predicted molar refractivity (Wildman–Crippen MR) is 42.7 cm³/mol. The highest BCUT2D eigenvalue weighted by atomic mass is 19.1. The van der Waals surface area contributed by atoms with Gasteiger partial charge in [0.05, 0.1) is 12.8 Å². The quantitative estimate of drug-likeness (QED) is 0.642. The van der Waals surface area contributed by atoms with Gasteiger partial charge in [0.2, 0.25) is 0 Å². The molecule has 0 amide bonds. The van der Waals surface area contributed by atoms with Gasteiger partial charge in [0, 0.05) is 0 Å². The lowest BCUT2D eigenvalue weighted by atomic mass is 10.2. The number of aromatic nitrogens is 2. The van der Waals surface area contributed by atoms with Crippen molar-refractivity contribution in [2.75, 3.05) is 7.11 Å². The summed E-state index contributed by atoms with van der Waals surface area (Å²) in [4.78, 5) is 18.1. The van der Waals surface area contributed by atoms with Crippen molar-refractivity contribution in [1.82, 2.24) is 9.97 Å². The molecule has 0 saturated carbocycles. The Morgan fingerprint density at radius 2 is 2.31 bits per heavy atom. The molecule has 1 rings (SSSR count). The van der Waals surface area contributed by atoms with Crippen LogP contribution in [0.4, 0.5) is 4.39 Å². The van der Waals surface area contributed by atoms with Crippen molar-refractivity contribution in [1.29, 1.82) is 0 Å². The van der Waals surface area contributed by atoms with Crippen LogP contribution in [0, 0.1) is 5.82 Å². The summed E-state index contributed by atoms with van der Waals surface area (Å²) in [5, 5.41) is 0. The SMILES string of the molecule is CCc1ncnc(C(=O)OC)c1F. The van der Waals surface area contributed by atoms with E-state index in [4.69, 9.17) is 0 Å². The van der Waals surface area contributed by atoms with E-state index in [1.807, 2.05) is 0 Å². The second-order valence-corrected chi connectivity index (χ2v) is 2.33. The number of halogens is 1. The standard InChI is InChI=1S/C8H9FN2O2/c1-3-5-6(9)7(8(12)13-2)11-4-10-5/h4H,3H2,1-2H3. The van der Waals surface area contributed by atoms with Crippen LogP contribution in [-0.2, 0) is 11.2 Å². The van der Waals surface area contributed by atoms with Crippen molar-refractivity contribution in [3.05, 3.63) is 23.5 Å². The maximum absolute atomic E-state index is 13.3. The summed E-state index contributed by atoms with van der Waals surface area (Å²) in [5.74, 6) is -1.48. The molecule has 1 heterocycles. The van der Waals surface area contributed by atoms with Crippen molar-refractivity contribution in [3.8, 4) is 0 Å². The Morgan fingerprint density at radius 3 is 2.85 bits per heavy atom. The van der Waals surface area contributed by atoms with E-state index >= 15 is 0 Å². The Morgan fingerprint density at radius 1 is 1.62 bits per heavy atom. The Balaban J connectivity index is 3.15. The molecule has 0 atom stereocenters. The van der Waals surface area contributed by atoms with E-state index in [9.17, 15) is 9.18 Å². The summed E-state index contributed by atoms with van der Waals surface area (Å²) in [6.45, 7) is 1.74. The molecular formula is C8H9FN2O2. The Labute approximate surface area is 74.8 Å². The minimum absolute atomic E-state index is 0.218. The van der Waals surface area contributed by atoms with Gasteiger partial charge in [-0.1, -0.05) is 6.92 Å². The number of esters is 1. The average Bonchev–Trinajstić information content (AvgIpc) is 2.17. The van der Waals surface area contributed by atoms with Gasteiger partial charge < -0.3 is 4.74 Å². The molecule has 0 N–H and O–H groups in total.